The zero-order valence-electron chi connectivity index (χ0n) is 21.8. The number of aromatic nitrogens is 3. The van der Waals surface area contributed by atoms with Crippen molar-refractivity contribution in [3.8, 4) is 17.1 Å². The Hall–Kier alpha value is -3.63. The monoisotopic (exact) mass is 549 g/mol. The van der Waals surface area contributed by atoms with E-state index >= 15 is 0 Å². The smallest absolute Gasteiger partial charge is 0.245 e. The van der Waals surface area contributed by atoms with Crippen LogP contribution in [0.2, 0.25) is 0 Å². The van der Waals surface area contributed by atoms with E-state index in [9.17, 15) is 12.8 Å². The van der Waals surface area contributed by atoms with E-state index in [-0.39, 0.29) is 22.9 Å². The average molecular weight is 550 g/mol. The Morgan fingerprint density at radius 1 is 0.897 bits per heavy atom. The van der Waals surface area contributed by atoms with Crippen LogP contribution >= 0.6 is 0 Å². The summed E-state index contributed by atoms with van der Waals surface area (Å²) >= 11 is 0. The van der Waals surface area contributed by atoms with Crippen molar-refractivity contribution in [3.63, 3.8) is 0 Å². The van der Waals surface area contributed by atoms with Gasteiger partial charge in [-0.15, -0.1) is 0 Å². The van der Waals surface area contributed by atoms with Crippen LogP contribution in [0, 0.1) is 5.82 Å². The predicted octanol–water partition coefficient (Wildman–Crippen LogP) is 6.14. The molecule has 3 N–H and O–H groups in total. The summed E-state index contributed by atoms with van der Waals surface area (Å²) in [5.74, 6) is 0.483. The zero-order chi connectivity index (χ0) is 27.4. The maximum atomic E-state index is 13.5. The lowest BCUT2D eigenvalue weighted by molar-refractivity contribution is 0.162. The van der Waals surface area contributed by atoms with Crippen LogP contribution in [0.15, 0.2) is 65.6 Å². The van der Waals surface area contributed by atoms with E-state index in [2.05, 4.69) is 5.32 Å². The molecular formula is C29H32FN5O3S. The lowest BCUT2D eigenvalue weighted by Gasteiger charge is -2.22. The average Bonchev–Trinajstić information content (AvgIpc) is 2.90. The molecule has 1 fully saturated rings. The van der Waals surface area contributed by atoms with Gasteiger partial charge >= 0.3 is 0 Å². The second-order valence-corrected chi connectivity index (χ2v) is 11.5. The SMILES string of the molecule is CC(Nc1nc(OC2CCCCCCC2)c2nc(-c3ccc(F)cc3)ccc2n1)c1ccc(S(N)(=O)=O)cc1. The van der Waals surface area contributed by atoms with Gasteiger partial charge in [0.1, 0.15) is 11.9 Å². The molecule has 0 bridgehead atoms. The molecule has 1 saturated carbocycles. The number of sulfonamides is 1. The van der Waals surface area contributed by atoms with Crippen molar-refractivity contribution in [3.05, 3.63) is 72.0 Å². The first-order valence-corrected chi connectivity index (χ1v) is 14.8. The fourth-order valence-electron chi connectivity index (χ4n) is 4.83. The number of hydrogen-bond acceptors (Lipinski definition) is 7. The molecule has 2 aromatic carbocycles. The molecule has 1 aliphatic carbocycles. The summed E-state index contributed by atoms with van der Waals surface area (Å²) in [4.78, 5) is 14.3. The van der Waals surface area contributed by atoms with Crippen molar-refractivity contribution in [1.29, 1.82) is 0 Å². The lowest BCUT2D eigenvalue weighted by atomic mass is 9.98. The Labute approximate surface area is 227 Å². The fourth-order valence-corrected chi connectivity index (χ4v) is 5.35. The minimum Gasteiger partial charge on any atom is -0.473 e. The van der Waals surface area contributed by atoms with Gasteiger partial charge < -0.3 is 10.1 Å². The summed E-state index contributed by atoms with van der Waals surface area (Å²) in [5.41, 5.74) is 3.48. The number of benzene rings is 2. The Morgan fingerprint density at radius 3 is 2.23 bits per heavy atom. The Balaban J connectivity index is 1.48. The van der Waals surface area contributed by atoms with E-state index in [4.69, 9.17) is 24.8 Å². The first-order chi connectivity index (χ1) is 18.8. The number of fused-ring (bicyclic) bond motifs is 1. The molecule has 2 heterocycles. The number of pyridine rings is 1. The maximum absolute atomic E-state index is 13.5. The number of rotatable bonds is 7. The minimum absolute atomic E-state index is 0.0377. The highest BCUT2D eigenvalue weighted by atomic mass is 32.2. The van der Waals surface area contributed by atoms with Crippen LogP contribution in [-0.4, -0.2) is 29.5 Å². The van der Waals surface area contributed by atoms with Gasteiger partial charge in [0.15, 0.2) is 5.52 Å². The quantitative estimate of drug-likeness (QED) is 0.284. The van der Waals surface area contributed by atoms with Crippen LogP contribution in [0.4, 0.5) is 10.3 Å². The number of primary sulfonamides is 1. The van der Waals surface area contributed by atoms with Crippen LogP contribution < -0.4 is 15.2 Å². The summed E-state index contributed by atoms with van der Waals surface area (Å²) in [6.45, 7) is 1.94. The highest BCUT2D eigenvalue weighted by molar-refractivity contribution is 7.89. The molecule has 1 unspecified atom stereocenters. The first kappa shape index (κ1) is 27.0. The van der Waals surface area contributed by atoms with Crippen LogP contribution in [0.3, 0.4) is 0 Å². The molecule has 4 aromatic rings. The number of halogens is 1. The number of nitrogens with zero attached hydrogens (tertiary/aromatic N) is 3. The Bertz CT molecular complexity index is 1540. The predicted molar refractivity (Wildman–Crippen MR) is 149 cm³/mol. The van der Waals surface area contributed by atoms with Crippen molar-refractivity contribution in [1.82, 2.24) is 15.0 Å². The topological polar surface area (TPSA) is 120 Å². The van der Waals surface area contributed by atoms with Crippen molar-refractivity contribution in [2.45, 2.75) is 68.9 Å². The van der Waals surface area contributed by atoms with Gasteiger partial charge in [-0.2, -0.15) is 4.98 Å². The number of hydrogen-bond donors (Lipinski definition) is 2. The van der Waals surface area contributed by atoms with E-state index in [0.717, 1.165) is 36.8 Å². The molecule has 1 atom stereocenters. The van der Waals surface area contributed by atoms with Gasteiger partial charge in [0.2, 0.25) is 21.9 Å². The first-order valence-electron chi connectivity index (χ1n) is 13.3. The lowest BCUT2D eigenvalue weighted by Crippen LogP contribution is -2.19. The van der Waals surface area contributed by atoms with Crippen molar-refractivity contribution < 1.29 is 17.5 Å². The van der Waals surface area contributed by atoms with Gasteiger partial charge in [0, 0.05) is 5.56 Å². The number of ether oxygens (including phenoxy) is 1. The molecule has 204 valence electrons. The summed E-state index contributed by atoms with van der Waals surface area (Å²) in [5, 5.41) is 8.53. The third kappa shape index (κ3) is 6.69. The highest BCUT2D eigenvalue weighted by Gasteiger charge is 2.19. The third-order valence-electron chi connectivity index (χ3n) is 7.04. The highest BCUT2D eigenvalue weighted by Crippen LogP contribution is 2.30. The third-order valence-corrected chi connectivity index (χ3v) is 7.96. The van der Waals surface area contributed by atoms with E-state index < -0.39 is 10.0 Å². The molecule has 0 saturated heterocycles. The van der Waals surface area contributed by atoms with Crippen LogP contribution in [0.1, 0.15) is 63.5 Å². The molecule has 10 heteroatoms. The number of anilines is 1. The van der Waals surface area contributed by atoms with Gasteiger partial charge in [0.05, 0.1) is 22.1 Å². The van der Waals surface area contributed by atoms with Crippen LogP contribution in [-0.2, 0) is 10.0 Å². The Kier molecular flexibility index (Phi) is 8.04. The van der Waals surface area contributed by atoms with E-state index in [1.165, 1.54) is 43.5 Å². The molecule has 39 heavy (non-hydrogen) atoms. The van der Waals surface area contributed by atoms with Gasteiger partial charge in [-0.05, 0) is 86.7 Å². The number of nitrogens with one attached hydrogen (secondary N) is 1. The van der Waals surface area contributed by atoms with Crippen LogP contribution in [0.5, 0.6) is 5.88 Å². The molecule has 0 spiro atoms. The second kappa shape index (κ2) is 11.6. The van der Waals surface area contributed by atoms with Gasteiger partial charge in [-0.3, -0.25) is 0 Å². The van der Waals surface area contributed by atoms with Crippen LogP contribution in [0.25, 0.3) is 22.3 Å². The van der Waals surface area contributed by atoms with Crippen molar-refractivity contribution >= 4 is 27.0 Å². The normalized spacial score (nSPS) is 15.9. The Morgan fingerprint density at radius 2 is 1.56 bits per heavy atom. The largest absolute Gasteiger partial charge is 0.473 e. The second-order valence-electron chi connectivity index (χ2n) is 9.99. The van der Waals surface area contributed by atoms with E-state index in [1.807, 2.05) is 19.1 Å². The molecule has 0 amide bonds. The molecule has 0 aliphatic heterocycles. The zero-order valence-corrected chi connectivity index (χ0v) is 22.6. The molecule has 8 nitrogen and oxygen atoms in total. The van der Waals surface area contributed by atoms with Gasteiger partial charge in [-0.1, -0.05) is 31.4 Å². The fraction of sp³-hybridized carbons (Fsp3) is 0.345. The summed E-state index contributed by atoms with van der Waals surface area (Å²) in [7, 11) is -3.77. The summed E-state index contributed by atoms with van der Waals surface area (Å²) in [6.07, 6.45) is 7.83. The maximum Gasteiger partial charge on any atom is 0.245 e. The van der Waals surface area contributed by atoms with Crippen molar-refractivity contribution in [2.75, 3.05) is 5.32 Å². The van der Waals surface area contributed by atoms with E-state index in [0.29, 0.717) is 28.6 Å². The summed E-state index contributed by atoms with van der Waals surface area (Å²) < 4.78 is 43.2. The number of nitrogens with two attached hydrogens (primary N) is 1. The molecule has 5 rings (SSSR count). The van der Waals surface area contributed by atoms with Crippen molar-refractivity contribution in [2.24, 2.45) is 5.14 Å². The minimum atomic E-state index is -3.77. The molecular weight excluding hydrogens is 517 g/mol. The molecule has 2 aromatic heterocycles. The van der Waals surface area contributed by atoms with Gasteiger partial charge in [-0.25, -0.2) is 27.9 Å². The molecule has 0 radical (unpaired) electrons. The van der Waals surface area contributed by atoms with Gasteiger partial charge in [0.25, 0.3) is 0 Å². The van der Waals surface area contributed by atoms with E-state index in [1.54, 1.807) is 24.3 Å². The molecule has 1 aliphatic rings. The standard InChI is InChI=1S/C29H32FN5O3S/c1-19(20-11-15-24(16-12-20)39(31,36)37)32-29-34-26-18-17-25(21-9-13-22(30)14-10-21)33-27(26)28(35-29)38-23-7-5-3-2-4-6-8-23/h9-19,23H,2-8H2,1H3,(H2,31,36,37)(H,32,34,35). The summed E-state index contributed by atoms with van der Waals surface area (Å²) in [6, 6.07) is 16.1.